The predicted molar refractivity (Wildman–Crippen MR) is 83.6 cm³/mol. The molecule has 4 heteroatoms. The summed E-state index contributed by atoms with van der Waals surface area (Å²) in [5, 5.41) is 4.61. The molecule has 0 unspecified atom stereocenters. The molecule has 1 aliphatic carbocycles. The summed E-state index contributed by atoms with van der Waals surface area (Å²) in [6.45, 7) is 2.29. The SMILES string of the molecule is CCC1CCC(Nc2ncnc3ccc(N)cc23)CC1. The van der Waals surface area contributed by atoms with Crippen molar-refractivity contribution in [3.8, 4) is 0 Å². The van der Waals surface area contributed by atoms with Gasteiger partial charge in [-0.1, -0.05) is 13.3 Å². The minimum atomic E-state index is 0.525. The number of nitrogens with two attached hydrogens (primary N) is 1. The lowest BCUT2D eigenvalue weighted by atomic mass is 9.84. The topological polar surface area (TPSA) is 63.8 Å². The number of anilines is 2. The first kappa shape index (κ1) is 13.2. The molecule has 0 saturated heterocycles. The Bertz CT molecular complexity index is 588. The van der Waals surface area contributed by atoms with E-state index in [1.54, 1.807) is 6.33 Å². The molecule has 1 aliphatic rings. The van der Waals surface area contributed by atoms with Crippen molar-refractivity contribution in [2.45, 2.75) is 45.1 Å². The maximum atomic E-state index is 5.88. The zero-order chi connectivity index (χ0) is 13.9. The number of hydrogen-bond acceptors (Lipinski definition) is 4. The quantitative estimate of drug-likeness (QED) is 0.837. The molecule has 0 amide bonds. The van der Waals surface area contributed by atoms with Crippen LogP contribution in [0.5, 0.6) is 0 Å². The zero-order valence-corrected chi connectivity index (χ0v) is 12.0. The minimum absolute atomic E-state index is 0.525. The highest BCUT2D eigenvalue weighted by atomic mass is 15.0. The van der Waals surface area contributed by atoms with Gasteiger partial charge in [0.2, 0.25) is 0 Å². The Balaban J connectivity index is 1.79. The predicted octanol–water partition coefficient (Wildman–Crippen LogP) is 3.59. The van der Waals surface area contributed by atoms with Gasteiger partial charge < -0.3 is 11.1 Å². The summed E-state index contributed by atoms with van der Waals surface area (Å²) >= 11 is 0. The maximum Gasteiger partial charge on any atom is 0.137 e. The zero-order valence-electron chi connectivity index (χ0n) is 12.0. The van der Waals surface area contributed by atoms with Crippen molar-refractivity contribution in [2.75, 3.05) is 11.1 Å². The van der Waals surface area contributed by atoms with Gasteiger partial charge >= 0.3 is 0 Å². The van der Waals surface area contributed by atoms with Crippen LogP contribution < -0.4 is 11.1 Å². The highest BCUT2D eigenvalue weighted by molar-refractivity contribution is 5.91. The van der Waals surface area contributed by atoms with E-state index in [-0.39, 0.29) is 0 Å². The Morgan fingerprint density at radius 3 is 2.75 bits per heavy atom. The third-order valence-corrected chi connectivity index (χ3v) is 4.42. The van der Waals surface area contributed by atoms with Gasteiger partial charge in [0.05, 0.1) is 5.52 Å². The monoisotopic (exact) mass is 270 g/mol. The number of hydrogen-bond donors (Lipinski definition) is 2. The van der Waals surface area contributed by atoms with Crippen LogP contribution >= 0.6 is 0 Å². The molecule has 0 spiro atoms. The summed E-state index contributed by atoms with van der Waals surface area (Å²) in [5.41, 5.74) is 7.58. The van der Waals surface area contributed by atoms with Crippen molar-refractivity contribution >= 4 is 22.4 Å². The van der Waals surface area contributed by atoms with Crippen LogP contribution in [0.25, 0.3) is 10.9 Å². The fraction of sp³-hybridized carbons (Fsp3) is 0.500. The number of aromatic nitrogens is 2. The van der Waals surface area contributed by atoms with Crippen LogP contribution in [-0.4, -0.2) is 16.0 Å². The average Bonchev–Trinajstić information content (AvgIpc) is 2.49. The Morgan fingerprint density at radius 1 is 1.20 bits per heavy atom. The van der Waals surface area contributed by atoms with Gasteiger partial charge in [0.1, 0.15) is 12.1 Å². The van der Waals surface area contributed by atoms with Crippen molar-refractivity contribution in [3.63, 3.8) is 0 Å². The molecule has 1 aromatic carbocycles. The van der Waals surface area contributed by atoms with E-state index in [1.807, 2.05) is 18.2 Å². The fourth-order valence-corrected chi connectivity index (χ4v) is 3.10. The lowest BCUT2D eigenvalue weighted by molar-refractivity contribution is 0.330. The molecule has 1 fully saturated rings. The van der Waals surface area contributed by atoms with Crippen LogP contribution in [0, 0.1) is 5.92 Å². The summed E-state index contributed by atoms with van der Waals surface area (Å²) in [6, 6.07) is 6.31. The largest absolute Gasteiger partial charge is 0.399 e. The van der Waals surface area contributed by atoms with E-state index in [1.165, 1.54) is 32.1 Å². The number of nitrogen functional groups attached to an aromatic ring is 1. The Kier molecular flexibility index (Phi) is 3.72. The first-order valence-electron chi connectivity index (χ1n) is 7.53. The molecule has 106 valence electrons. The molecule has 3 rings (SSSR count). The molecule has 20 heavy (non-hydrogen) atoms. The second-order valence-electron chi connectivity index (χ2n) is 5.77. The third-order valence-electron chi connectivity index (χ3n) is 4.42. The Labute approximate surface area is 119 Å². The molecule has 2 aromatic rings. The van der Waals surface area contributed by atoms with Crippen molar-refractivity contribution in [1.29, 1.82) is 0 Å². The first-order valence-corrected chi connectivity index (χ1v) is 7.53. The number of rotatable bonds is 3. The van der Waals surface area contributed by atoms with E-state index < -0.39 is 0 Å². The van der Waals surface area contributed by atoms with E-state index in [2.05, 4.69) is 22.2 Å². The van der Waals surface area contributed by atoms with Gasteiger partial charge in [-0.2, -0.15) is 0 Å². The summed E-state index contributed by atoms with van der Waals surface area (Å²) in [4.78, 5) is 8.70. The van der Waals surface area contributed by atoms with Crippen LogP contribution in [0.2, 0.25) is 0 Å². The van der Waals surface area contributed by atoms with Crippen LogP contribution in [0.15, 0.2) is 24.5 Å². The molecular formula is C16H22N4. The van der Waals surface area contributed by atoms with Gasteiger partial charge in [0.25, 0.3) is 0 Å². The molecule has 3 N–H and O–H groups in total. The van der Waals surface area contributed by atoms with Gasteiger partial charge in [0.15, 0.2) is 0 Å². The second-order valence-corrected chi connectivity index (χ2v) is 5.77. The van der Waals surface area contributed by atoms with E-state index in [9.17, 15) is 0 Å². The standard InChI is InChI=1S/C16H22N4/c1-2-11-3-6-13(7-4-11)20-16-14-9-12(17)5-8-15(14)18-10-19-16/h5,8-11,13H,2-4,6-7,17H2,1H3,(H,18,19,20). The summed E-state index contributed by atoms with van der Waals surface area (Å²) in [7, 11) is 0. The second kappa shape index (κ2) is 5.65. The Hall–Kier alpha value is -1.84. The maximum absolute atomic E-state index is 5.88. The summed E-state index contributed by atoms with van der Waals surface area (Å²) in [5.74, 6) is 1.83. The van der Waals surface area contributed by atoms with Crippen molar-refractivity contribution in [3.05, 3.63) is 24.5 Å². The molecule has 1 saturated carbocycles. The van der Waals surface area contributed by atoms with Crippen molar-refractivity contribution in [1.82, 2.24) is 9.97 Å². The molecule has 1 heterocycles. The lowest BCUT2D eigenvalue weighted by Crippen LogP contribution is -2.26. The van der Waals surface area contributed by atoms with Crippen LogP contribution in [0.4, 0.5) is 11.5 Å². The molecule has 4 nitrogen and oxygen atoms in total. The van der Waals surface area contributed by atoms with E-state index in [4.69, 9.17) is 5.73 Å². The van der Waals surface area contributed by atoms with Crippen molar-refractivity contribution < 1.29 is 0 Å². The van der Waals surface area contributed by atoms with E-state index in [0.717, 1.165) is 28.3 Å². The normalized spacial score (nSPS) is 22.9. The summed E-state index contributed by atoms with van der Waals surface area (Å²) < 4.78 is 0. The van der Waals surface area contributed by atoms with Gasteiger partial charge in [-0.05, 0) is 49.8 Å². The number of fused-ring (bicyclic) bond motifs is 1. The van der Waals surface area contributed by atoms with Gasteiger partial charge in [-0.3, -0.25) is 0 Å². The highest BCUT2D eigenvalue weighted by Gasteiger charge is 2.20. The first-order chi connectivity index (χ1) is 9.76. The Morgan fingerprint density at radius 2 is 2.00 bits per heavy atom. The number of nitrogens with zero attached hydrogens (tertiary/aromatic N) is 2. The molecular weight excluding hydrogens is 248 g/mol. The fourth-order valence-electron chi connectivity index (χ4n) is 3.10. The number of nitrogens with one attached hydrogen (secondary N) is 1. The lowest BCUT2D eigenvalue weighted by Gasteiger charge is -2.29. The molecule has 0 atom stereocenters. The molecule has 0 radical (unpaired) electrons. The smallest absolute Gasteiger partial charge is 0.137 e. The average molecular weight is 270 g/mol. The van der Waals surface area contributed by atoms with Gasteiger partial charge in [-0.25, -0.2) is 9.97 Å². The molecule has 1 aromatic heterocycles. The summed E-state index contributed by atoms with van der Waals surface area (Å²) in [6.07, 6.45) is 8.02. The minimum Gasteiger partial charge on any atom is -0.399 e. The van der Waals surface area contributed by atoms with Gasteiger partial charge in [0, 0.05) is 17.1 Å². The van der Waals surface area contributed by atoms with Crippen molar-refractivity contribution in [2.24, 2.45) is 5.92 Å². The third kappa shape index (κ3) is 2.69. The van der Waals surface area contributed by atoms with Crippen LogP contribution in [-0.2, 0) is 0 Å². The van der Waals surface area contributed by atoms with Crippen LogP contribution in [0.1, 0.15) is 39.0 Å². The number of benzene rings is 1. The van der Waals surface area contributed by atoms with E-state index in [0.29, 0.717) is 6.04 Å². The molecule has 0 aliphatic heterocycles. The highest BCUT2D eigenvalue weighted by Crippen LogP contribution is 2.30. The molecule has 0 bridgehead atoms. The van der Waals surface area contributed by atoms with Crippen LogP contribution in [0.3, 0.4) is 0 Å². The van der Waals surface area contributed by atoms with Gasteiger partial charge in [-0.15, -0.1) is 0 Å². The van der Waals surface area contributed by atoms with E-state index >= 15 is 0 Å².